The molecule has 3 aromatic rings. The maximum Gasteiger partial charge on any atom is 0.242 e. The van der Waals surface area contributed by atoms with Crippen LogP contribution in [0.15, 0.2) is 71.6 Å². The van der Waals surface area contributed by atoms with Crippen LogP contribution in [0.25, 0.3) is 0 Å². The monoisotopic (exact) mass is 512 g/mol. The molecular weight excluding hydrogens is 495 g/mol. The van der Waals surface area contributed by atoms with E-state index in [1.54, 1.807) is 24.3 Å². The van der Waals surface area contributed by atoms with Crippen LogP contribution in [-0.4, -0.2) is 27.5 Å². The number of halogens is 3. The van der Waals surface area contributed by atoms with Crippen LogP contribution >= 0.6 is 34.8 Å². The van der Waals surface area contributed by atoms with Crippen molar-refractivity contribution >= 4 is 56.4 Å². The largest absolute Gasteiger partial charge is 0.495 e. The van der Waals surface area contributed by atoms with Gasteiger partial charge in [0.15, 0.2) is 0 Å². The lowest BCUT2D eigenvalue weighted by Crippen LogP contribution is -2.45. The molecule has 0 aliphatic rings. The molecule has 0 bridgehead atoms. The normalized spacial score (nSPS) is 12.2. The zero-order chi connectivity index (χ0) is 23.3. The van der Waals surface area contributed by atoms with Crippen molar-refractivity contribution in [3.63, 3.8) is 0 Å². The van der Waals surface area contributed by atoms with E-state index in [4.69, 9.17) is 39.5 Å². The van der Waals surface area contributed by atoms with Gasteiger partial charge in [0.1, 0.15) is 11.8 Å². The average molecular weight is 514 g/mol. The first-order valence-electron chi connectivity index (χ1n) is 9.34. The fourth-order valence-corrected chi connectivity index (χ4v) is 5.03. The number of ether oxygens (including phenoxy) is 1. The number of sulfonamides is 1. The molecule has 0 saturated heterocycles. The Morgan fingerprint density at radius 1 is 0.969 bits per heavy atom. The Morgan fingerprint density at radius 2 is 1.62 bits per heavy atom. The number of methoxy groups -OCH3 is 1. The number of hydrogen-bond donors (Lipinski definition) is 2. The van der Waals surface area contributed by atoms with Crippen molar-refractivity contribution in [2.75, 3.05) is 12.4 Å². The highest BCUT2D eigenvalue weighted by Gasteiger charge is 2.27. The topological polar surface area (TPSA) is 84.5 Å². The second kappa shape index (κ2) is 10.6. The minimum absolute atomic E-state index is 0.0973. The number of carbonyl (C=O) groups is 1. The molecule has 0 heterocycles. The number of benzene rings is 3. The molecule has 0 aliphatic heterocycles. The number of hydrogen-bond acceptors (Lipinski definition) is 4. The maximum absolute atomic E-state index is 13.0. The Balaban J connectivity index is 1.89. The van der Waals surface area contributed by atoms with Gasteiger partial charge in [0.25, 0.3) is 0 Å². The molecule has 32 heavy (non-hydrogen) atoms. The number of rotatable bonds is 8. The van der Waals surface area contributed by atoms with Crippen molar-refractivity contribution in [2.24, 2.45) is 0 Å². The van der Waals surface area contributed by atoms with Gasteiger partial charge in [0, 0.05) is 15.7 Å². The van der Waals surface area contributed by atoms with Crippen molar-refractivity contribution < 1.29 is 17.9 Å². The minimum atomic E-state index is -4.08. The summed E-state index contributed by atoms with van der Waals surface area (Å²) in [5.74, 6) is -0.239. The van der Waals surface area contributed by atoms with E-state index >= 15 is 0 Å². The van der Waals surface area contributed by atoms with Crippen LogP contribution in [0.4, 0.5) is 5.69 Å². The molecule has 0 radical (unpaired) electrons. The van der Waals surface area contributed by atoms with E-state index in [-0.39, 0.29) is 16.3 Å². The summed E-state index contributed by atoms with van der Waals surface area (Å²) in [4.78, 5) is 12.9. The average Bonchev–Trinajstić information content (AvgIpc) is 2.73. The molecule has 6 nitrogen and oxygen atoms in total. The molecule has 0 spiro atoms. The predicted octanol–water partition coefficient (Wildman–Crippen LogP) is 5.18. The van der Waals surface area contributed by atoms with Gasteiger partial charge in [-0.25, -0.2) is 8.42 Å². The van der Waals surface area contributed by atoms with Crippen LogP contribution in [0.1, 0.15) is 5.56 Å². The first kappa shape index (κ1) is 24.4. The highest BCUT2D eigenvalue weighted by Crippen LogP contribution is 2.27. The van der Waals surface area contributed by atoms with Gasteiger partial charge in [-0.2, -0.15) is 4.72 Å². The fourth-order valence-electron chi connectivity index (χ4n) is 2.96. The summed E-state index contributed by atoms with van der Waals surface area (Å²) in [5, 5.41) is 3.47. The standard InChI is InChI=1S/C22H19Cl3N2O4S/c1-31-21-8-7-18(13-19(21)25)32(29,30)27-20(9-14-5-3-2-4-6-14)22(28)26-17-11-15(23)10-16(24)12-17/h2-8,10-13,20,27H,9H2,1H3,(H,26,28). The van der Waals surface area contributed by atoms with E-state index in [2.05, 4.69) is 10.0 Å². The van der Waals surface area contributed by atoms with Crippen molar-refractivity contribution in [1.82, 2.24) is 4.72 Å². The van der Waals surface area contributed by atoms with Crippen LogP contribution in [0.3, 0.4) is 0 Å². The molecule has 3 aromatic carbocycles. The highest BCUT2D eigenvalue weighted by molar-refractivity contribution is 7.89. The quantitative estimate of drug-likeness (QED) is 0.434. The van der Waals surface area contributed by atoms with Crippen molar-refractivity contribution in [2.45, 2.75) is 17.4 Å². The number of carbonyl (C=O) groups excluding carboxylic acids is 1. The van der Waals surface area contributed by atoms with Gasteiger partial charge in [-0.3, -0.25) is 4.79 Å². The van der Waals surface area contributed by atoms with Crippen molar-refractivity contribution in [3.8, 4) is 5.75 Å². The van der Waals surface area contributed by atoms with Crippen molar-refractivity contribution in [1.29, 1.82) is 0 Å². The molecular formula is C22H19Cl3N2O4S. The van der Waals surface area contributed by atoms with E-state index in [1.165, 1.54) is 43.5 Å². The maximum atomic E-state index is 13.0. The number of amides is 1. The van der Waals surface area contributed by atoms with Crippen LogP contribution in [0.5, 0.6) is 5.75 Å². The Bertz CT molecular complexity index is 1200. The lowest BCUT2D eigenvalue weighted by molar-refractivity contribution is -0.117. The Labute approximate surface area is 201 Å². The fraction of sp³-hybridized carbons (Fsp3) is 0.136. The second-order valence-corrected chi connectivity index (χ2v) is 9.80. The van der Waals surface area contributed by atoms with Gasteiger partial charge in [0.2, 0.25) is 15.9 Å². The Hall–Kier alpha value is -2.29. The third-order valence-corrected chi connectivity index (χ3v) is 6.66. The summed E-state index contributed by atoms with van der Waals surface area (Å²) in [5.41, 5.74) is 1.12. The predicted molar refractivity (Wildman–Crippen MR) is 127 cm³/mol. The van der Waals surface area contributed by atoms with Gasteiger partial charge in [-0.15, -0.1) is 0 Å². The molecule has 0 aliphatic carbocycles. The molecule has 2 N–H and O–H groups in total. The first-order valence-corrected chi connectivity index (χ1v) is 12.0. The van der Waals surface area contributed by atoms with E-state index in [0.717, 1.165) is 5.56 Å². The zero-order valence-corrected chi connectivity index (χ0v) is 19.9. The SMILES string of the molecule is COc1ccc(S(=O)(=O)NC(Cc2ccccc2)C(=O)Nc2cc(Cl)cc(Cl)c2)cc1Cl. The Kier molecular flexibility index (Phi) is 8.03. The summed E-state index contributed by atoms with van der Waals surface area (Å²) < 4.78 is 33.6. The number of anilines is 1. The Morgan fingerprint density at radius 3 is 2.22 bits per heavy atom. The van der Waals surface area contributed by atoms with E-state index in [1.807, 2.05) is 6.07 Å². The molecule has 1 atom stereocenters. The third-order valence-electron chi connectivity index (χ3n) is 4.46. The van der Waals surface area contributed by atoms with Gasteiger partial charge in [-0.05, 0) is 48.4 Å². The molecule has 1 amide bonds. The summed E-state index contributed by atoms with van der Waals surface area (Å²) in [7, 11) is -2.66. The number of nitrogens with one attached hydrogen (secondary N) is 2. The molecule has 168 valence electrons. The highest BCUT2D eigenvalue weighted by atomic mass is 35.5. The van der Waals surface area contributed by atoms with E-state index in [0.29, 0.717) is 21.5 Å². The third kappa shape index (κ3) is 6.37. The second-order valence-electron chi connectivity index (χ2n) is 6.81. The zero-order valence-electron chi connectivity index (χ0n) is 16.8. The van der Waals surface area contributed by atoms with E-state index in [9.17, 15) is 13.2 Å². The summed E-state index contributed by atoms with van der Waals surface area (Å²) in [6.45, 7) is 0. The van der Waals surface area contributed by atoms with Crippen LogP contribution in [-0.2, 0) is 21.2 Å². The van der Waals surface area contributed by atoms with Gasteiger partial charge < -0.3 is 10.1 Å². The van der Waals surface area contributed by atoms with Gasteiger partial charge in [0.05, 0.1) is 17.0 Å². The summed E-state index contributed by atoms with van der Waals surface area (Å²) in [6, 6.07) is 16.5. The van der Waals surface area contributed by atoms with Crippen LogP contribution < -0.4 is 14.8 Å². The lowest BCUT2D eigenvalue weighted by atomic mass is 10.1. The molecule has 0 saturated carbocycles. The van der Waals surface area contributed by atoms with Gasteiger partial charge >= 0.3 is 0 Å². The molecule has 3 rings (SSSR count). The minimum Gasteiger partial charge on any atom is -0.495 e. The summed E-state index contributed by atoms with van der Waals surface area (Å²) in [6.07, 6.45) is 0.115. The van der Waals surface area contributed by atoms with Crippen LogP contribution in [0, 0.1) is 0 Å². The molecule has 1 unspecified atom stereocenters. The molecule has 10 heteroatoms. The van der Waals surface area contributed by atoms with Crippen LogP contribution in [0.2, 0.25) is 15.1 Å². The first-order chi connectivity index (χ1) is 15.2. The smallest absolute Gasteiger partial charge is 0.242 e. The lowest BCUT2D eigenvalue weighted by Gasteiger charge is -2.19. The molecule has 0 fully saturated rings. The molecule has 0 aromatic heterocycles. The summed E-state index contributed by atoms with van der Waals surface area (Å²) >= 11 is 18.1. The van der Waals surface area contributed by atoms with Gasteiger partial charge in [-0.1, -0.05) is 65.1 Å². The van der Waals surface area contributed by atoms with E-state index < -0.39 is 22.0 Å². The van der Waals surface area contributed by atoms with Crippen molar-refractivity contribution in [3.05, 3.63) is 87.4 Å².